The fourth-order valence-corrected chi connectivity index (χ4v) is 3.55. The van der Waals surface area contributed by atoms with E-state index >= 15 is 0 Å². The second-order valence-electron chi connectivity index (χ2n) is 3.52. The van der Waals surface area contributed by atoms with E-state index in [1.165, 1.54) is 18.1 Å². The molecule has 102 valence electrons. The molecule has 0 N–H and O–H groups in total. The van der Waals surface area contributed by atoms with Gasteiger partial charge >= 0.3 is 0 Å². The van der Waals surface area contributed by atoms with Gasteiger partial charge in [0.25, 0.3) is 5.69 Å². The summed E-state index contributed by atoms with van der Waals surface area (Å²) >= 11 is 1.77. The first-order chi connectivity index (χ1) is 9.51. The average Bonchev–Trinajstić information content (AvgIpc) is 2.76. The van der Waals surface area contributed by atoms with Gasteiger partial charge in [-0.2, -0.15) is 0 Å². The van der Waals surface area contributed by atoms with Crippen LogP contribution in [0.1, 0.15) is 4.88 Å². The summed E-state index contributed by atoms with van der Waals surface area (Å²) in [5.74, 6) is 0.000410. The summed E-state index contributed by atoms with van der Waals surface area (Å²) in [5.41, 5.74) is -0.231. The van der Waals surface area contributed by atoms with Crippen molar-refractivity contribution in [3.63, 3.8) is 0 Å². The van der Waals surface area contributed by atoms with Crippen LogP contribution in [0.5, 0.6) is 0 Å². The van der Waals surface area contributed by atoms with Crippen LogP contribution < -0.4 is 0 Å². The zero-order chi connectivity index (χ0) is 14.7. The fourth-order valence-electron chi connectivity index (χ4n) is 1.37. The van der Waals surface area contributed by atoms with Crippen LogP contribution in [-0.2, 0) is 4.79 Å². The number of halogens is 2. The quantitative estimate of drug-likeness (QED) is 0.487. The summed E-state index contributed by atoms with van der Waals surface area (Å²) in [6.45, 7) is 0. The van der Waals surface area contributed by atoms with Gasteiger partial charge in [0.1, 0.15) is 21.8 Å². The predicted octanol–water partition coefficient (Wildman–Crippen LogP) is 3.93. The highest BCUT2D eigenvalue weighted by molar-refractivity contribution is 8.01. The van der Waals surface area contributed by atoms with Crippen molar-refractivity contribution in [2.24, 2.45) is 0 Å². The summed E-state index contributed by atoms with van der Waals surface area (Å²) in [7, 11) is 0. The second-order valence-corrected chi connectivity index (χ2v) is 5.91. The molecule has 8 heteroatoms. The molecule has 0 aliphatic rings. The molecular formula is C12H5F2NO3S2. The van der Waals surface area contributed by atoms with Crippen molar-refractivity contribution in [3.8, 4) is 0 Å². The van der Waals surface area contributed by atoms with Crippen LogP contribution in [0.25, 0.3) is 6.08 Å². The number of nitrogens with zero attached hydrogens (tertiary/aromatic N) is 1. The molecule has 1 aromatic heterocycles. The molecule has 0 radical (unpaired) electrons. The van der Waals surface area contributed by atoms with Gasteiger partial charge < -0.3 is 0 Å². The highest BCUT2D eigenvalue weighted by Gasteiger charge is 2.20. The normalized spacial score (nSPS) is 10.1. The number of hydrogen-bond acceptors (Lipinski definition) is 5. The van der Waals surface area contributed by atoms with Gasteiger partial charge in [0.15, 0.2) is 0 Å². The molecule has 2 rings (SSSR count). The summed E-state index contributed by atoms with van der Waals surface area (Å²) in [4.78, 5) is 21.0. The molecule has 0 aliphatic heterocycles. The maximum absolute atomic E-state index is 13.5. The minimum Gasteiger partial charge on any atom is -0.258 e. The molecule has 4 nitrogen and oxygen atoms in total. The van der Waals surface area contributed by atoms with E-state index in [2.05, 4.69) is 0 Å². The van der Waals surface area contributed by atoms with Crippen LogP contribution >= 0.6 is 23.1 Å². The Morgan fingerprint density at radius 3 is 2.70 bits per heavy atom. The fraction of sp³-hybridized carbons (Fsp3) is 0. The van der Waals surface area contributed by atoms with Crippen molar-refractivity contribution < 1.29 is 18.5 Å². The van der Waals surface area contributed by atoms with Crippen LogP contribution in [-0.4, -0.2) is 10.9 Å². The summed E-state index contributed by atoms with van der Waals surface area (Å²) in [6.07, 6.45) is 1.06. The summed E-state index contributed by atoms with van der Waals surface area (Å²) < 4.78 is 26.5. The zero-order valence-corrected chi connectivity index (χ0v) is 11.3. The lowest BCUT2D eigenvalue weighted by molar-refractivity contribution is -0.387. The largest absolute Gasteiger partial charge is 0.294 e. The van der Waals surface area contributed by atoms with Crippen molar-refractivity contribution in [2.45, 2.75) is 9.10 Å². The van der Waals surface area contributed by atoms with Crippen LogP contribution in [0.3, 0.4) is 0 Å². The molecule has 0 amide bonds. The monoisotopic (exact) mass is 313 g/mol. The van der Waals surface area contributed by atoms with Gasteiger partial charge in [0.05, 0.1) is 4.92 Å². The molecule has 0 atom stereocenters. The van der Waals surface area contributed by atoms with Crippen molar-refractivity contribution in [1.29, 1.82) is 0 Å². The van der Waals surface area contributed by atoms with E-state index in [9.17, 15) is 23.7 Å². The summed E-state index contributed by atoms with van der Waals surface area (Å²) in [6, 6.07) is 4.18. The third kappa shape index (κ3) is 3.11. The smallest absolute Gasteiger partial charge is 0.258 e. The molecule has 2 aromatic rings. The lowest BCUT2D eigenvalue weighted by Crippen LogP contribution is -1.87. The summed E-state index contributed by atoms with van der Waals surface area (Å²) in [5, 5.41) is 10.9. The van der Waals surface area contributed by atoms with Crippen LogP contribution in [0.4, 0.5) is 14.5 Å². The highest BCUT2D eigenvalue weighted by Crippen LogP contribution is 2.42. The Morgan fingerprint density at radius 1 is 1.35 bits per heavy atom. The van der Waals surface area contributed by atoms with E-state index in [-0.39, 0.29) is 14.8 Å². The first kappa shape index (κ1) is 14.4. The number of thiophene rings is 1. The average molecular weight is 313 g/mol. The Bertz CT molecular complexity index is 723. The zero-order valence-electron chi connectivity index (χ0n) is 9.63. The Hall–Kier alpha value is -2.02. The minimum atomic E-state index is -0.801. The highest BCUT2D eigenvalue weighted by atomic mass is 32.2. The molecule has 0 saturated carbocycles. The van der Waals surface area contributed by atoms with Crippen LogP contribution in [0.2, 0.25) is 0 Å². The molecule has 0 fully saturated rings. The van der Waals surface area contributed by atoms with Crippen LogP contribution in [0.15, 0.2) is 33.4 Å². The Balaban J connectivity index is 2.41. The van der Waals surface area contributed by atoms with E-state index in [0.29, 0.717) is 10.9 Å². The van der Waals surface area contributed by atoms with Gasteiger partial charge in [-0.25, -0.2) is 13.6 Å². The van der Waals surface area contributed by atoms with Gasteiger partial charge in [-0.15, -0.1) is 11.3 Å². The van der Waals surface area contributed by atoms with E-state index in [1.807, 2.05) is 0 Å². The number of rotatable bonds is 4. The minimum absolute atomic E-state index is 0.0676. The topological polar surface area (TPSA) is 60.2 Å². The van der Waals surface area contributed by atoms with Gasteiger partial charge in [0, 0.05) is 28.0 Å². The van der Waals surface area contributed by atoms with Gasteiger partial charge in [0.2, 0.25) is 0 Å². The number of hydrogen-bond donors (Lipinski definition) is 0. The molecule has 1 aromatic carbocycles. The standard InChI is InChI=1S/C12H5F2NO3S2/c13-7-1-2-11(9(14)5-7)20-12-10(15(17)18)6-8(19-12)3-4-16/h1-3,5-6H. The van der Waals surface area contributed by atoms with E-state index < -0.39 is 16.6 Å². The molecule has 0 bridgehead atoms. The SMILES string of the molecule is O=C=Cc1cc([N+](=O)[O-])c(Sc2ccc(F)cc2F)s1. The number of benzene rings is 1. The lowest BCUT2D eigenvalue weighted by atomic mass is 10.3. The van der Waals surface area contributed by atoms with Crippen LogP contribution in [0, 0.1) is 21.7 Å². The lowest BCUT2D eigenvalue weighted by Gasteiger charge is -2.00. The van der Waals surface area contributed by atoms with Gasteiger partial charge in [-0.3, -0.25) is 10.1 Å². The molecule has 0 spiro atoms. The number of nitro groups is 1. The van der Waals surface area contributed by atoms with Crippen molar-refractivity contribution in [2.75, 3.05) is 0 Å². The van der Waals surface area contributed by atoms with E-state index in [4.69, 9.17) is 0 Å². The number of carbonyl (C=O) groups excluding carboxylic acids is 1. The molecule has 20 heavy (non-hydrogen) atoms. The maximum Gasteiger partial charge on any atom is 0.294 e. The molecule has 1 heterocycles. The molecular weight excluding hydrogens is 308 g/mol. The first-order valence-electron chi connectivity index (χ1n) is 5.13. The third-order valence-corrected chi connectivity index (χ3v) is 4.50. The van der Waals surface area contributed by atoms with Crippen molar-refractivity contribution in [3.05, 3.63) is 50.9 Å². The maximum atomic E-state index is 13.5. The second kappa shape index (κ2) is 5.96. The van der Waals surface area contributed by atoms with E-state index in [0.717, 1.165) is 35.2 Å². The first-order valence-corrected chi connectivity index (χ1v) is 6.76. The molecule has 0 saturated heterocycles. The third-order valence-electron chi connectivity index (χ3n) is 2.19. The Morgan fingerprint density at radius 2 is 2.10 bits per heavy atom. The van der Waals surface area contributed by atoms with Gasteiger partial charge in [-0.05, 0) is 12.1 Å². The van der Waals surface area contributed by atoms with E-state index in [1.54, 1.807) is 0 Å². The predicted molar refractivity (Wildman–Crippen MR) is 71.6 cm³/mol. The molecule has 0 aliphatic carbocycles. The Kier molecular flexibility index (Phi) is 4.29. The van der Waals surface area contributed by atoms with Gasteiger partial charge in [-0.1, -0.05) is 11.8 Å². The van der Waals surface area contributed by atoms with Crippen molar-refractivity contribution in [1.82, 2.24) is 0 Å². The van der Waals surface area contributed by atoms with Crippen molar-refractivity contribution >= 4 is 40.8 Å². The molecule has 0 unspecified atom stereocenters. The Labute approximate surface area is 119 Å².